The van der Waals surface area contributed by atoms with Crippen molar-refractivity contribution < 1.29 is 18.0 Å². The Balaban J connectivity index is 2.79. The largest absolute Gasteiger partial charge is 0.408 e. The summed E-state index contributed by atoms with van der Waals surface area (Å²) < 4.78 is 36.9. The molecule has 2 N–H and O–H groups in total. The third-order valence-corrected chi connectivity index (χ3v) is 3.03. The van der Waals surface area contributed by atoms with Gasteiger partial charge in [-0.15, -0.1) is 0 Å². The van der Waals surface area contributed by atoms with Gasteiger partial charge in [0.25, 0.3) is 5.56 Å². The van der Waals surface area contributed by atoms with Crippen molar-refractivity contribution in [3.05, 3.63) is 21.0 Å². The number of nitrogens with zero attached hydrogens (tertiary/aromatic N) is 2. The van der Waals surface area contributed by atoms with E-state index in [1.807, 2.05) is 0 Å². The van der Waals surface area contributed by atoms with Crippen molar-refractivity contribution in [3.8, 4) is 0 Å². The van der Waals surface area contributed by atoms with E-state index in [4.69, 9.17) is 0 Å². The molecule has 0 saturated carbocycles. The third kappa shape index (κ3) is 4.83. The maximum atomic E-state index is 12.2. The van der Waals surface area contributed by atoms with Gasteiger partial charge in [-0.3, -0.25) is 9.59 Å². The summed E-state index contributed by atoms with van der Waals surface area (Å²) in [5.41, 5.74) is -0.662. The summed E-state index contributed by atoms with van der Waals surface area (Å²) in [4.78, 5) is 22.7. The standard InChI is InChI=1S/C10H12BrF3N4O2/c1-15-7(19)2-3-16-6-4-17-18(5-10(12,13)14)9(20)8(6)11/h4,16H,2-3,5H2,1H3,(H,15,19). The molecule has 112 valence electrons. The van der Waals surface area contributed by atoms with Gasteiger partial charge in [-0.25, -0.2) is 4.68 Å². The van der Waals surface area contributed by atoms with Crippen molar-refractivity contribution in [3.63, 3.8) is 0 Å². The number of anilines is 1. The number of nitrogens with one attached hydrogen (secondary N) is 2. The first-order valence-corrected chi connectivity index (χ1v) is 6.30. The molecule has 0 aliphatic carbocycles. The number of rotatable bonds is 5. The second-order valence-electron chi connectivity index (χ2n) is 3.80. The average molecular weight is 357 g/mol. The lowest BCUT2D eigenvalue weighted by Gasteiger charge is -2.11. The van der Waals surface area contributed by atoms with Crippen molar-refractivity contribution in [2.45, 2.75) is 19.1 Å². The van der Waals surface area contributed by atoms with Gasteiger partial charge in [0.05, 0.1) is 11.9 Å². The van der Waals surface area contributed by atoms with E-state index in [-0.39, 0.29) is 29.0 Å². The van der Waals surface area contributed by atoms with Crippen LogP contribution in [0.4, 0.5) is 18.9 Å². The fourth-order valence-electron chi connectivity index (χ4n) is 1.31. The predicted molar refractivity (Wildman–Crippen MR) is 69.4 cm³/mol. The average Bonchev–Trinajstić information content (AvgIpc) is 2.36. The number of hydrogen-bond acceptors (Lipinski definition) is 4. The van der Waals surface area contributed by atoms with E-state index in [0.717, 1.165) is 6.20 Å². The van der Waals surface area contributed by atoms with Crippen LogP contribution in [-0.4, -0.2) is 35.5 Å². The van der Waals surface area contributed by atoms with E-state index < -0.39 is 18.3 Å². The third-order valence-electron chi connectivity index (χ3n) is 2.26. The van der Waals surface area contributed by atoms with Crippen LogP contribution < -0.4 is 16.2 Å². The highest BCUT2D eigenvalue weighted by Crippen LogP contribution is 2.19. The number of aromatic nitrogens is 2. The van der Waals surface area contributed by atoms with Gasteiger partial charge in [0.2, 0.25) is 5.91 Å². The summed E-state index contributed by atoms with van der Waals surface area (Å²) in [6.07, 6.45) is -3.26. The van der Waals surface area contributed by atoms with Crippen LogP contribution in [0.5, 0.6) is 0 Å². The minimum absolute atomic E-state index is 0.0614. The summed E-state index contributed by atoms with van der Waals surface area (Å²) in [7, 11) is 1.48. The minimum Gasteiger partial charge on any atom is -0.382 e. The molecule has 0 aliphatic heterocycles. The van der Waals surface area contributed by atoms with Gasteiger partial charge in [-0.2, -0.15) is 18.3 Å². The van der Waals surface area contributed by atoms with Gasteiger partial charge in [0.15, 0.2) is 0 Å². The predicted octanol–water partition coefficient (Wildman–Crippen LogP) is 1.12. The molecule has 1 aromatic heterocycles. The molecule has 6 nitrogen and oxygen atoms in total. The smallest absolute Gasteiger partial charge is 0.382 e. The highest BCUT2D eigenvalue weighted by atomic mass is 79.9. The lowest BCUT2D eigenvalue weighted by atomic mass is 10.3. The summed E-state index contributed by atoms with van der Waals surface area (Å²) in [5, 5.41) is 8.59. The maximum Gasteiger partial charge on any atom is 0.408 e. The lowest BCUT2D eigenvalue weighted by molar-refractivity contribution is -0.143. The number of hydrogen-bond donors (Lipinski definition) is 2. The van der Waals surface area contributed by atoms with Crippen molar-refractivity contribution in [1.29, 1.82) is 0 Å². The van der Waals surface area contributed by atoms with E-state index in [1.54, 1.807) is 0 Å². The van der Waals surface area contributed by atoms with Crippen molar-refractivity contribution in [1.82, 2.24) is 15.1 Å². The Kier molecular flexibility index (Phi) is 5.54. The zero-order valence-electron chi connectivity index (χ0n) is 10.4. The molecule has 0 bridgehead atoms. The van der Waals surface area contributed by atoms with E-state index in [0.29, 0.717) is 4.68 Å². The molecule has 0 aliphatic rings. The molecule has 1 heterocycles. The van der Waals surface area contributed by atoms with Crippen LogP contribution in [0.3, 0.4) is 0 Å². The zero-order chi connectivity index (χ0) is 15.3. The van der Waals surface area contributed by atoms with E-state index in [1.165, 1.54) is 7.05 Å². The van der Waals surface area contributed by atoms with Crippen LogP contribution in [0.1, 0.15) is 6.42 Å². The number of carbonyl (C=O) groups is 1. The first kappa shape index (κ1) is 16.5. The molecule has 0 fully saturated rings. The van der Waals surface area contributed by atoms with Crippen molar-refractivity contribution in [2.75, 3.05) is 18.9 Å². The van der Waals surface area contributed by atoms with Crippen LogP contribution in [0.15, 0.2) is 15.5 Å². The van der Waals surface area contributed by atoms with E-state index in [2.05, 4.69) is 31.7 Å². The number of amides is 1. The molecule has 0 spiro atoms. The van der Waals surface area contributed by atoms with Crippen LogP contribution in [0, 0.1) is 0 Å². The Morgan fingerprint density at radius 2 is 2.15 bits per heavy atom. The molecule has 20 heavy (non-hydrogen) atoms. The molecule has 10 heteroatoms. The summed E-state index contributed by atoms with van der Waals surface area (Å²) in [5.74, 6) is -0.202. The minimum atomic E-state index is -4.52. The SMILES string of the molecule is CNC(=O)CCNc1cnn(CC(F)(F)F)c(=O)c1Br. The molecular formula is C10H12BrF3N4O2. The molecular weight excluding hydrogens is 345 g/mol. The molecule has 0 radical (unpaired) electrons. The fraction of sp³-hybridized carbons (Fsp3) is 0.500. The van der Waals surface area contributed by atoms with Crippen molar-refractivity contribution >= 4 is 27.5 Å². The quantitative estimate of drug-likeness (QED) is 0.828. The molecule has 0 unspecified atom stereocenters. The first-order valence-electron chi connectivity index (χ1n) is 5.51. The summed E-state index contributed by atoms with van der Waals surface area (Å²) in [6.45, 7) is -1.23. The van der Waals surface area contributed by atoms with E-state index >= 15 is 0 Å². The summed E-state index contributed by atoms with van der Waals surface area (Å²) >= 11 is 2.92. The topological polar surface area (TPSA) is 76.0 Å². The van der Waals surface area contributed by atoms with Crippen LogP contribution in [0.2, 0.25) is 0 Å². The molecule has 1 aromatic rings. The monoisotopic (exact) mass is 356 g/mol. The molecule has 1 rings (SSSR count). The fourth-order valence-corrected chi connectivity index (χ4v) is 1.75. The lowest BCUT2D eigenvalue weighted by Crippen LogP contribution is -2.31. The van der Waals surface area contributed by atoms with Gasteiger partial charge in [-0.1, -0.05) is 0 Å². The van der Waals surface area contributed by atoms with Crippen LogP contribution in [0.25, 0.3) is 0 Å². The number of carbonyl (C=O) groups excluding carboxylic acids is 1. The highest BCUT2D eigenvalue weighted by molar-refractivity contribution is 9.10. The first-order chi connectivity index (χ1) is 9.24. The van der Waals surface area contributed by atoms with Crippen LogP contribution in [-0.2, 0) is 11.3 Å². The molecule has 0 saturated heterocycles. The Hall–Kier alpha value is -1.58. The normalized spacial score (nSPS) is 11.2. The summed E-state index contributed by atoms with van der Waals surface area (Å²) in [6, 6.07) is 0. The van der Waals surface area contributed by atoms with Gasteiger partial charge in [0, 0.05) is 20.0 Å². The maximum absolute atomic E-state index is 12.2. The van der Waals surface area contributed by atoms with Crippen LogP contribution >= 0.6 is 15.9 Å². The van der Waals surface area contributed by atoms with Gasteiger partial charge in [-0.05, 0) is 15.9 Å². The van der Waals surface area contributed by atoms with Crippen molar-refractivity contribution in [2.24, 2.45) is 0 Å². The second-order valence-corrected chi connectivity index (χ2v) is 4.59. The van der Waals surface area contributed by atoms with Gasteiger partial charge < -0.3 is 10.6 Å². The Bertz CT molecular complexity index is 544. The zero-order valence-corrected chi connectivity index (χ0v) is 12.0. The molecule has 0 aromatic carbocycles. The number of halogens is 4. The Morgan fingerprint density at radius 1 is 1.50 bits per heavy atom. The number of alkyl halides is 3. The Labute approximate surface area is 120 Å². The highest BCUT2D eigenvalue weighted by Gasteiger charge is 2.29. The van der Waals surface area contributed by atoms with E-state index in [9.17, 15) is 22.8 Å². The Morgan fingerprint density at radius 3 is 2.70 bits per heavy atom. The second kappa shape index (κ2) is 6.73. The molecule has 1 amide bonds. The van der Waals surface area contributed by atoms with Gasteiger partial charge >= 0.3 is 6.18 Å². The molecule has 0 atom stereocenters. The van der Waals surface area contributed by atoms with Gasteiger partial charge in [0.1, 0.15) is 11.0 Å².